The highest BCUT2D eigenvalue weighted by atomic mass is 19.2. The van der Waals surface area contributed by atoms with Crippen LogP contribution in [0.1, 0.15) is 88.5 Å². The van der Waals surface area contributed by atoms with Gasteiger partial charge >= 0.3 is 0 Å². The van der Waals surface area contributed by atoms with Crippen molar-refractivity contribution in [2.24, 2.45) is 29.6 Å². The summed E-state index contributed by atoms with van der Waals surface area (Å²) in [6.45, 7) is 3.90. The summed E-state index contributed by atoms with van der Waals surface area (Å²) in [4.78, 5) is 0. The summed E-state index contributed by atoms with van der Waals surface area (Å²) in [6.07, 6.45) is 18.6. The average molecular weight is 437 g/mol. The third kappa shape index (κ3) is 4.52. The Labute approximate surface area is 192 Å². The van der Waals surface area contributed by atoms with Gasteiger partial charge in [0.05, 0.1) is 0 Å². The normalized spacial score (nSPS) is 33.1. The number of hydrogen-bond donors (Lipinski definition) is 0. The van der Waals surface area contributed by atoms with Gasteiger partial charge in [-0.1, -0.05) is 36.8 Å². The molecule has 4 atom stereocenters. The van der Waals surface area contributed by atoms with Crippen LogP contribution >= 0.6 is 0 Å². The Morgan fingerprint density at radius 1 is 0.781 bits per heavy atom. The van der Waals surface area contributed by atoms with Gasteiger partial charge in [-0.3, -0.25) is 0 Å². The van der Waals surface area contributed by atoms with E-state index in [1.807, 2.05) is 6.07 Å². The van der Waals surface area contributed by atoms with Gasteiger partial charge in [-0.25, -0.2) is 8.78 Å². The van der Waals surface area contributed by atoms with Crippen LogP contribution in [0.25, 0.3) is 10.8 Å². The van der Waals surface area contributed by atoms with Crippen LogP contribution in [0.4, 0.5) is 8.78 Å². The summed E-state index contributed by atoms with van der Waals surface area (Å²) in [7, 11) is 0. The van der Waals surface area contributed by atoms with Crippen molar-refractivity contribution in [2.75, 3.05) is 0 Å². The molecule has 3 saturated carbocycles. The van der Waals surface area contributed by atoms with Crippen LogP contribution in [0.2, 0.25) is 0 Å². The topological polar surface area (TPSA) is 0 Å². The number of benzene rings is 2. The Bertz CT molecular complexity index is 939. The first-order valence-electron chi connectivity index (χ1n) is 13.1. The third-order valence-corrected chi connectivity index (χ3v) is 9.38. The minimum absolute atomic E-state index is 0.401. The van der Waals surface area contributed by atoms with Crippen molar-refractivity contribution >= 4 is 10.8 Å². The molecule has 0 heterocycles. The Kier molecular flexibility index (Phi) is 6.67. The Morgan fingerprint density at radius 2 is 1.47 bits per heavy atom. The largest absolute Gasteiger partial charge is 0.204 e. The van der Waals surface area contributed by atoms with E-state index in [0.29, 0.717) is 11.3 Å². The van der Waals surface area contributed by atoms with Crippen molar-refractivity contribution in [3.05, 3.63) is 60.2 Å². The van der Waals surface area contributed by atoms with E-state index in [1.54, 1.807) is 12.1 Å². The first-order valence-corrected chi connectivity index (χ1v) is 13.1. The first-order chi connectivity index (χ1) is 15.6. The SMILES string of the molecule is C=CCCC1CCC2CC(C3CCC(c4ccc5c(F)c(F)ccc5c4)CC3)CCC2C1. The van der Waals surface area contributed by atoms with Crippen molar-refractivity contribution in [3.63, 3.8) is 0 Å². The Morgan fingerprint density at radius 3 is 2.25 bits per heavy atom. The Balaban J connectivity index is 1.16. The van der Waals surface area contributed by atoms with Crippen molar-refractivity contribution in [1.82, 2.24) is 0 Å². The lowest BCUT2D eigenvalue weighted by Gasteiger charge is -2.45. The predicted molar refractivity (Wildman–Crippen MR) is 130 cm³/mol. The monoisotopic (exact) mass is 436 g/mol. The van der Waals surface area contributed by atoms with Gasteiger partial charge in [0.15, 0.2) is 11.6 Å². The molecule has 0 amide bonds. The summed E-state index contributed by atoms with van der Waals surface area (Å²) in [5.74, 6) is 3.87. The molecule has 0 spiro atoms. The average Bonchev–Trinajstić information content (AvgIpc) is 2.84. The van der Waals surface area contributed by atoms with Gasteiger partial charge in [0.25, 0.3) is 0 Å². The van der Waals surface area contributed by atoms with Crippen LogP contribution in [-0.4, -0.2) is 0 Å². The van der Waals surface area contributed by atoms with Crippen molar-refractivity contribution in [3.8, 4) is 0 Å². The van der Waals surface area contributed by atoms with Gasteiger partial charge in [-0.15, -0.1) is 6.58 Å². The molecule has 0 nitrogen and oxygen atoms in total. The highest BCUT2D eigenvalue weighted by molar-refractivity contribution is 5.84. The smallest absolute Gasteiger partial charge is 0.166 e. The molecule has 2 heteroatoms. The predicted octanol–water partition coefficient (Wildman–Crippen LogP) is 9.19. The number of fused-ring (bicyclic) bond motifs is 2. The van der Waals surface area contributed by atoms with Gasteiger partial charge in [-0.2, -0.15) is 0 Å². The summed E-state index contributed by atoms with van der Waals surface area (Å²) in [5.41, 5.74) is 1.31. The van der Waals surface area contributed by atoms with E-state index in [0.717, 1.165) is 35.0 Å². The van der Waals surface area contributed by atoms with Gasteiger partial charge in [0.1, 0.15) is 0 Å². The number of allylic oxidation sites excluding steroid dienone is 1. The molecular weight excluding hydrogens is 398 g/mol. The second-order valence-electron chi connectivity index (χ2n) is 11.1. The van der Waals surface area contributed by atoms with Gasteiger partial charge in [0, 0.05) is 5.39 Å². The molecule has 0 aliphatic heterocycles. The van der Waals surface area contributed by atoms with E-state index in [2.05, 4.69) is 18.7 Å². The quantitative estimate of drug-likeness (QED) is 0.410. The fourth-order valence-electron chi connectivity index (χ4n) is 7.53. The molecule has 0 radical (unpaired) electrons. The summed E-state index contributed by atoms with van der Waals surface area (Å²) in [5, 5.41) is 1.23. The third-order valence-electron chi connectivity index (χ3n) is 9.38. The molecule has 2 aromatic rings. The lowest BCUT2D eigenvalue weighted by atomic mass is 9.60. The zero-order chi connectivity index (χ0) is 22.1. The lowest BCUT2D eigenvalue weighted by molar-refractivity contribution is 0.0621. The number of halogens is 2. The second-order valence-corrected chi connectivity index (χ2v) is 11.1. The fraction of sp³-hybridized carbons (Fsp3) is 0.600. The lowest BCUT2D eigenvalue weighted by Crippen LogP contribution is -2.34. The zero-order valence-electron chi connectivity index (χ0n) is 19.4. The summed E-state index contributed by atoms with van der Waals surface area (Å²) in [6, 6.07) is 8.88. The molecule has 3 aliphatic carbocycles. The van der Waals surface area contributed by atoms with Crippen LogP contribution in [-0.2, 0) is 0 Å². The Hall–Kier alpha value is -1.70. The zero-order valence-corrected chi connectivity index (χ0v) is 19.4. The summed E-state index contributed by atoms with van der Waals surface area (Å²) >= 11 is 0. The maximum Gasteiger partial charge on any atom is 0.166 e. The first kappa shape index (κ1) is 22.1. The molecule has 5 rings (SSSR count). The molecular formula is C30H38F2. The molecule has 3 fully saturated rings. The fourth-order valence-corrected chi connectivity index (χ4v) is 7.53. The van der Waals surface area contributed by atoms with Crippen LogP contribution < -0.4 is 0 Å². The van der Waals surface area contributed by atoms with E-state index in [1.165, 1.54) is 88.7 Å². The second kappa shape index (κ2) is 9.65. The van der Waals surface area contributed by atoms with Crippen LogP contribution in [0, 0.1) is 41.2 Å². The van der Waals surface area contributed by atoms with Crippen LogP contribution in [0.15, 0.2) is 43.0 Å². The van der Waals surface area contributed by atoms with E-state index in [-0.39, 0.29) is 0 Å². The van der Waals surface area contributed by atoms with Crippen LogP contribution in [0.5, 0.6) is 0 Å². The summed E-state index contributed by atoms with van der Waals surface area (Å²) < 4.78 is 27.6. The standard InChI is InChI=1S/C30H38F2/c1-2-3-4-20-5-6-26-18-24(12-11-23(26)17-20)21-7-9-22(10-8-21)25-13-15-28-27(19-25)14-16-29(31)30(28)32/h2,13-16,19-24,26H,1,3-12,17-18H2. The molecule has 0 aromatic heterocycles. The molecule has 172 valence electrons. The minimum atomic E-state index is -0.759. The molecule has 0 N–H and O–H groups in total. The minimum Gasteiger partial charge on any atom is -0.204 e. The highest BCUT2D eigenvalue weighted by Gasteiger charge is 2.38. The number of rotatable bonds is 5. The van der Waals surface area contributed by atoms with Crippen molar-refractivity contribution in [1.29, 1.82) is 0 Å². The van der Waals surface area contributed by atoms with Crippen molar-refractivity contribution in [2.45, 2.75) is 83.0 Å². The maximum absolute atomic E-state index is 14.0. The van der Waals surface area contributed by atoms with Gasteiger partial charge in [0.2, 0.25) is 0 Å². The van der Waals surface area contributed by atoms with Crippen molar-refractivity contribution < 1.29 is 8.78 Å². The van der Waals surface area contributed by atoms with E-state index >= 15 is 0 Å². The molecule has 0 saturated heterocycles. The van der Waals surface area contributed by atoms with E-state index < -0.39 is 11.6 Å². The van der Waals surface area contributed by atoms with Gasteiger partial charge < -0.3 is 0 Å². The molecule has 0 bridgehead atoms. The molecule has 32 heavy (non-hydrogen) atoms. The highest BCUT2D eigenvalue weighted by Crippen LogP contribution is 2.50. The molecule has 4 unspecified atom stereocenters. The maximum atomic E-state index is 14.0. The molecule has 2 aromatic carbocycles. The van der Waals surface area contributed by atoms with E-state index in [4.69, 9.17) is 0 Å². The van der Waals surface area contributed by atoms with Gasteiger partial charge in [-0.05, 0) is 123 Å². The van der Waals surface area contributed by atoms with Crippen LogP contribution in [0.3, 0.4) is 0 Å². The molecule has 3 aliphatic rings. The number of hydrogen-bond acceptors (Lipinski definition) is 0. The van der Waals surface area contributed by atoms with E-state index in [9.17, 15) is 8.78 Å².